The van der Waals surface area contributed by atoms with Gasteiger partial charge in [-0.2, -0.15) is 11.8 Å². The molecule has 1 amide bonds. The summed E-state index contributed by atoms with van der Waals surface area (Å²) < 4.78 is 39.0. The molecular formula is C21H27FN2O3S2. The number of carbonyl (C=O) groups excluding carboxylic acids is 1. The molecule has 1 N–H and O–H groups in total. The molecule has 0 aliphatic carbocycles. The largest absolute Gasteiger partial charge is 0.351 e. The van der Waals surface area contributed by atoms with Crippen LogP contribution >= 0.6 is 11.8 Å². The summed E-state index contributed by atoms with van der Waals surface area (Å²) in [6, 6.07) is 12.1. The van der Waals surface area contributed by atoms with E-state index in [1.165, 1.54) is 16.4 Å². The number of benzene rings is 2. The second-order valence-corrected chi connectivity index (χ2v) is 11.5. The normalized spacial score (nSPS) is 11.9. The number of amides is 1. The Morgan fingerprint density at radius 3 is 2.17 bits per heavy atom. The molecule has 2 rings (SSSR count). The van der Waals surface area contributed by atoms with E-state index in [-0.39, 0.29) is 23.0 Å². The molecule has 0 aromatic heterocycles. The molecule has 0 fully saturated rings. The number of hydrogen-bond donors (Lipinski definition) is 1. The van der Waals surface area contributed by atoms with Crippen LogP contribution in [-0.4, -0.2) is 37.6 Å². The van der Waals surface area contributed by atoms with Gasteiger partial charge in [-0.25, -0.2) is 12.8 Å². The number of halogens is 1. The molecule has 0 aliphatic rings. The molecule has 0 spiro atoms. The monoisotopic (exact) mass is 438 g/mol. The number of nitrogens with one attached hydrogen (secondary N) is 1. The van der Waals surface area contributed by atoms with E-state index in [4.69, 9.17) is 0 Å². The molecule has 0 saturated carbocycles. The number of hydrogen-bond acceptors (Lipinski definition) is 4. The summed E-state index contributed by atoms with van der Waals surface area (Å²) in [5.41, 5.74) is 1.57. The molecule has 0 saturated heterocycles. The van der Waals surface area contributed by atoms with Crippen molar-refractivity contribution in [1.29, 1.82) is 0 Å². The van der Waals surface area contributed by atoms with Crippen LogP contribution in [0.4, 0.5) is 10.1 Å². The average Bonchev–Trinajstić information content (AvgIpc) is 2.63. The third-order valence-electron chi connectivity index (χ3n) is 3.98. The molecule has 0 atom stereocenters. The third kappa shape index (κ3) is 7.70. The van der Waals surface area contributed by atoms with Gasteiger partial charge in [0, 0.05) is 22.6 Å². The van der Waals surface area contributed by atoms with Crippen LogP contribution in [0.2, 0.25) is 0 Å². The number of sulfonamides is 1. The maximum absolute atomic E-state index is 13.1. The Morgan fingerprint density at radius 2 is 1.66 bits per heavy atom. The minimum atomic E-state index is -3.55. The van der Waals surface area contributed by atoms with Crippen molar-refractivity contribution in [3.63, 3.8) is 0 Å². The van der Waals surface area contributed by atoms with Crippen molar-refractivity contribution < 1.29 is 17.6 Å². The van der Waals surface area contributed by atoms with E-state index in [2.05, 4.69) is 26.1 Å². The first kappa shape index (κ1) is 23.2. The first-order chi connectivity index (χ1) is 13.5. The Balaban J connectivity index is 2.06. The van der Waals surface area contributed by atoms with Crippen molar-refractivity contribution in [2.45, 2.75) is 32.1 Å². The summed E-state index contributed by atoms with van der Waals surface area (Å²) in [4.78, 5) is 12.3. The van der Waals surface area contributed by atoms with Gasteiger partial charge in [0.1, 0.15) is 5.82 Å². The Morgan fingerprint density at radius 1 is 1.07 bits per heavy atom. The van der Waals surface area contributed by atoms with E-state index in [1.54, 1.807) is 48.2 Å². The van der Waals surface area contributed by atoms with Crippen LogP contribution in [0.25, 0.3) is 0 Å². The van der Waals surface area contributed by atoms with Gasteiger partial charge in [0.2, 0.25) is 10.0 Å². The highest BCUT2D eigenvalue weighted by Gasteiger charge is 2.18. The van der Waals surface area contributed by atoms with Gasteiger partial charge in [0.15, 0.2) is 0 Å². The van der Waals surface area contributed by atoms with Gasteiger partial charge < -0.3 is 5.32 Å². The fraction of sp³-hybridized carbons (Fsp3) is 0.381. The average molecular weight is 439 g/mol. The predicted octanol–water partition coefficient (Wildman–Crippen LogP) is 4.05. The number of thioether (sulfide) groups is 1. The van der Waals surface area contributed by atoms with Crippen LogP contribution in [0.5, 0.6) is 0 Å². The first-order valence-electron chi connectivity index (χ1n) is 9.20. The van der Waals surface area contributed by atoms with Gasteiger partial charge in [-0.15, -0.1) is 0 Å². The molecule has 8 heteroatoms. The Hall–Kier alpha value is -2.06. The summed E-state index contributed by atoms with van der Waals surface area (Å²) in [6.45, 7) is 7.00. The maximum atomic E-state index is 13.1. The fourth-order valence-corrected chi connectivity index (χ4v) is 4.26. The second-order valence-electron chi connectivity index (χ2n) is 7.66. The number of nitrogens with zero attached hydrogens (tertiary/aromatic N) is 1. The lowest BCUT2D eigenvalue weighted by molar-refractivity contribution is 0.0956. The fourth-order valence-electron chi connectivity index (χ4n) is 2.56. The van der Waals surface area contributed by atoms with Crippen LogP contribution in [-0.2, 0) is 16.6 Å². The molecule has 0 heterocycles. The van der Waals surface area contributed by atoms with Gasteiger partial charge in [0.25, 0.3) is 5.91 Å². The topological polar surface area (TPSA) is 66.5 Å². The lowest BCUT2D eigenvalue weighted by Crippen LogP contribution is -2.29. The van der Waals surface area contributed by atoms with Crippen molar-refractivity contribution in [3.8, 4) is 0 Å². The zero-order valence-corrected chi connectivity index (χ0v) is 18.7. The summed E-state index contributed by atoms with van der Waals surface area (Å²) in [5.74, 6) is 0.235. The highest BCUT2D eigenvalue weighted by atomic mass is 32.2. The van der Waals surface area contributed by atoms with Crippen molar-refractivity contribution in [2.24, 2.45) is 0 Å². The lowest BCUT2D eigenvalue weighted by atomic mass is 10.1. The number of rotatable bonds is 8. The predicted molar refractivity (Wildman–Crippen MR) is 118 cm³/mol. The van der Waals surface area contributed by atoms with Crippen molar-refractivity contribution >= 4 is 33.4 Å². The van der Waals surface area contributed by atoms with Gasteiger partial charge in [0.05, 0.1) is 18.5 Å². The summed E-state index contributed by atoms with van der Waals surface area (Å²) >= 11 is 1.77. The van der Waals surface area contributed by atoms with Gasteiger partial charge >= 0.3 is 0 Å². The zero-order valence-electron chi connectivity index (χ0n) is 17.1. The van der Waals surface area contributed by atoms with Crippen LogP contribution in [0.15, 0.2) is 48.5 Å². The van der Waals surface area contributed by atoms with Gasteiger partial charge in [-0.1, -0.05) is 32.9 Å². The Labute approximate surface area is 176 Å². The Kier molecular flexibility index (Phi) is 7.71. The van der Waals surface area contributed by atoms with E-state index >= 15 is 0 Å². The molecular weight excluding hydrogens is 411 g/mol. The molecule has 0 aliphatic heterocycles. The smallest absolute Gasteiger partial charge is 0.251 e. The number of anilines is 1. The summed E-state index contributed by atoms with van der Waals surface area (Å²) in [6.07, 6.45) is 1.12. The van der Waals surface area contributed by atoms with Gasteiger partial charge in [-0.3, -0.25) is 9.10 Å². The lowest BCUT2D eigenvalue weighted by Gasteiger charge is -2.23. The number of carbonyl (C=O) groups is 1. The van der Waals surface area contributed by atoms with Crippen molar-refractivity contribution in [1.82, 2.24) is 5.32 Å². The molecule has 0 radical (unpaired) electrons. The van der Waals surface area contributed by atoms with Crippen LogP contribution < -0.4 is 9.62 Å². The molecule has 2 aromatic carbocycles. The van der Waals surface area contributed by atoms with Crippen LogP contribution in [0.1, 0.15) is 36.7 Å². The van der Waals surface area contributed by atoms with E-state index in [1.807, 2.05) is 0 Å². The zero-order chi connectivity index (χ0) is 21.7. The highest BCUT2D eigenvalue weighted by molar-refractivity contribution is 8.00. The SMILES string of the molecule is CC(C)(C)SCCNC(=O)c1ccc(N(Cc2ccc(F)cc2)S(C)(=O)=O)cc1. The van der Waals surface area contributed by atoms with E-state index in [0.29, 0.717) is 23.4 Å². The first-order valence-corrected chi connectivity index (χ1v) is 12.0. The molecule has 0 bridgehead atoms. The van der Waals surface area contributed by atoms with E-state index < -0.39 is 10.0 Å². The Bertz CT molecular complexity index is 922. The minimum absolute atomic E-state index is 0.0781. The summed E-state index contributed by atoms with van der Waals surface area (Å²) in [7, 11) is -3.55. The van der Waals surface area contributed by atoms with Crippen LogP contribution in [0, 0.1) is 5.82 Å². The maximum Gasteiger partial charge on any atom is 0.251 e. The summed E-state index contributed by atoms with van der Waals surface area (Å²) in [5, 5.41) is 2.87. The van der Waals surface area contributed by atoms with Crippen LogP contribution in [0.3, 0.4) is 0 Å². The van der Waals surface area contributed by atoms with Gasteiger partial charge in [-0.05, 0) is 42.0 Å². The molecule has 158 valence electrons. The van der Waals surface area contributed by atoms with Crippen molar-refractivity contribution in [2.75, 3.05) is 22.9 Å². The van der Waals surface area contributed by atoms with E-state index in [0.717, 1.165) is 12.0 Å². The quantitative estimate of drug-likeness (QED) is 0.632. The molecule has 5 nitrogen and oxygen atoms in total. The minimum Gasteiger partial charge on any atom is -0.351 e. The third-order valence-corrected chi connectivity index (χ3v) is 6.39. The second kappa shape index (κ2) is 9.63. The standard InChI is InChI=1S/C21H27FN2O3S2/c1-21(2,3)28-14-13-23-20(25)17-7-11-19(12-8-17)24(29(4,26)27)15-16-5-9-18(22)10-6-16/h5-12H,13-15H2,1-4H3,(H,23,25). The molecule has 0 unspecified atom stereocenters. The van der Waals surface area contributed by atoms with E-state index in [9.17, 15) is 17.6 Å². The molecule has 29 heavy (non-hydrogen) atoms. The highest BCUT2D eigenvalue weighted by Crippen LogP contribution is 2.23. The molecule has 2 aromatic rings. The van der Waals surface area contributed by atoms with Crippen molar-refractivity contribution in [3.05, 3.63) is 65.5 Å².